The molecule has 3 N–H and O–H groups in total. The first-order valence-electron chi connectivity index (χ1n) is 13.6. The van der Waals surface area contributed by atoms with Gasteiger partial charge < -0.3 is 25.4 Å². The summed E-state index contributed by atoms with van der Waals surface area (Å²) in [5.74, 6) is -4.38. The van der Waals surface area contributed by atoms with Gasteiger partial charge in [0.2, 0.25) is 5.78 Å². The van der Waals surface area contributed by atoms with Crippen molar-refractivity contribution in [3.8, 4) is 0 Å². The molecule has 3 fully saturated rings. The lowest BCUT2D eigenvalue weighted by atomic mass is 9.45. The Bertz CT molecular complexity index is 1290. The maximum atomic E-state index is 14.2. The predicted octanol–water partition coefficient (Wildman–Crippen LogP) is 3.84. The van der Waals surface area contributed by atoms with Crippen LogP contribution in [0.15, 0.2) is 61.8 Å². The summed E-state index contributed by atoms with van der Waals surface area (Å²) in [6, 6.07) is 0. The molecule has 4 rings (SSSR count). The Kier molecular flexibility index (Phi) is 8.26. The van der Waals surface area contributed by atoms with E-state index < -0.39 is 69.5 Å². The van der Waals surface area contributed by atoms with Gasteiger partial charge in [-0.05, 0) is 55.2 Å². The zero-order chi connectivity index (χ0) is 30.2. The summed E-state index contributed by atoms with van der Waals surface area (Å²) in [5, 5.41) is 29.1. The molecule has 0 saturated heterocycles. The second-order valence-electron chi connectivity index (χ2n) is 11.2. The highest BCUT2D eigenvalue weighted by Crippen LogP contribution is 2.71. The summed E-state index contributed by atoms with van der Waals surface area (Å²) in [4.78, 5) is 50.1. The van der Waals surface area contributed by atoms with Crippen LogP contribution < -0.4 is 0 Å². The summed E-state index contributed by atoms with van der Waals surface area (Å²) in [7, 11) is 0. The number of aliphatic hydroxyl groups excluding tert-OH is 1. The number of esters is 2. The molecule has 0 aromatic rings. The average molecular weight is 583 g/mol. The Morgan fingerprint density at radius 2 is 1.78 bits per heavy atom. The van der Waals surface area contributed by atoms with Crippen molar-refractivity contribution >= 4 is 47.5 Å². The van der Waals surface area contributed by atoms with E-state index in [-0.39, 0.29) is 31.5 Å². The summed E-state index contributed by atoms with van der Waals surface area (Å²) < 4.78 is 11.2. The lowest BCUT2D eigenvalue weighted by Crippen LogP contribution is -2.71. The van der Waals surface area contributed by atoms with Crippen molar-refractivity contribution in [2.75, 3.05) is 6.61 Å². The number of hydrogen-bond acceptors (Lipinski definition) is 9. The number of carbonyl (C=O) groups excluding carboxylic acids is 4. The fourth-order valence-electron chi connectivity index (χ4n) is 7.97. The van der Waals surface area contributed by atoms with Gasteiger partial charge in [-0.2, -0.15) is 0 Å². The SMILES string of the molecule is C=CCC(=O)OCC(=O)[C@@]1(OC(=O)CC=C)[C@@H](C=C)C[C@H]2[C@@H]3CCC4=CC(=O)C=C[C@]4(C=N)[C@@]3(Cl)[C@@H](O)C[C@@]21C=N. The third kappa shape index (κ3) is 4.15. The molecule has 0 amide bonds. The molecule has 218 valence electrons. The van der Waals surface area contributed by atoms with Crippen LogP contribution in [0, 0.1) is 39.4 Å². The number of Topliss-reactive ketones (excluding diaryl/α,β-unsaturated/α-hetero) is 1. The van der Waals surface area contributed by atoms with Crippen LogP contribution in [0.25, 0.3) is 0 Å². The number of allylic oxidation sites excluding steroid dienone is 4. The first-order valence-corrected chi connectivity index (χ1v) is 13.9. The zero-order valence-corrected chi connectivity index (χ0v) is 23.5. The van der Waals surface area contributed by atoms with Gasteiger partial charge in [-0.3, -0.25) is 19.2 Å². The summed E-state index contributed by atoms with van der Waals surface area (Å²) >= 11 is 7.46. The van der Waals surface area contributed by atoms with Crippen molar-refractivity contribution in [2.24, 2.45) is 28.6 Å². The normalized spacial score (nSPS) is 38.7. The molecule has 8 atom stereocenters. The molecule has 0 aliphatic heterocycles. The number of carbonyl (C=O) groups is 4. The largest absolute Gasteiger partial charge is 0.457 e. The number of nitrogens with one attached hydrogen (secondary N) is 2. The average Bonchev–Trinajstić information content (AvgIpc) is 3.22. The monoisotopic (exact) mass is 582 g/mol. The van der Waals surface area contributed by atoms with E-state index in [1.165, 1.54) is 30.4 Å². The second-order valence-corrected chi connectivity index (χ2v) is 11.8. The van der Waals surface area contributed by atoms with Crippen molar-refractivity contribution in [3.63, 3.8) is 0 Å². The van der Waals surface area contributed by atoms with Gasteiger partial charge in [-0.15, -0.1) is 31.3 Å². The van der Waals surface area contributed by atoms with E-state index in [2.05, 4.69) is 19.7 Å². The van der Waals surface area contributed by atoms with Crippen molar-refractivity contribution in [1.82, 2.24) is 0 Å². The first-order chi connectivity index (χ1) is 19.5. The number of ketones is 2. The van der Waals surface area contributed by atoms with Gasteiger partial charge in [-0.25, -0.2) is 0 Å². The third-order valence-electron chi connectivity index (χ3n) is 9.59. The zero-order valence-electron chi connectivity index (χ0n) is 22.8. The Morgan fingerprint density at radius 1 is 1.10 bits per heavy atom. The van der Waals surface area contributed by atoms with Crippen LogP contribution in [0.5, 0.6) is 0 Å². The van der Waals surface area contributed by atoms with E-state index in [1.807, 2.05) is 0 Å². The van der Waals surface area contributed by atoms with Gasteiger partial charge in [0.25, 0.3) is 0 Å². The molecular formula is C31H35ClN2O7. The summed E-state index contributed by atoms with van der Waals surface area (Å²) in [5.41, 5.74) is -4.20. The Morgan fingerprint density at radius 3 is 2.39 bits per heavy atom. The Hall–Kier alpha value is -3.43. The molecule has 0 aromatic carbocycles. The van der Waals surface area contributed by atoms with Crippen LogP contribution in [-0.2, 0) is 28.7 Å². The standard InChI is InChI=1S/C31H35ClN2O7/c1-4-7-26(38)40-16-25(37)31(41-27(39)8-5-2)19(6-3)14-23-22-10-9-20-13-21(35)11-12-28(20,17-33)30(22,32)24(36)15-29(23,31)18-34/h4-6,11-13,17-19,22-24,33-34,36H,1-3,7-10,14-16H2/t19-,22-,23-,24-,28+,29+,30-,31-/m0/s1. The van der Waals surface area contributed by atoms with E-state index in [4.69, 9.17) is 31.9 Å². The van der Waals surface area contributed by atoms with E-state index in [0.717, 1.165) is 12.4 Å². The molecule has 0 bridgehead atoms. The van der Waals surface area contributed by atoms with Crippen LogP contribution in [0.2, 0.25) is 0 Å². The van der Waals surface area contributed by atoms with Gasteiger partial charge in [0.05, 0.1) is 34.6 Å². The molecular weight excluding hydrogens is 548 g/mol. The molecule has 0 spiro atoms. The number of hydrogen-bond donors (Lipinski definition) is 3. The van der Waals surface area contributed by atoms with Gasteiger partial charge >= 0.3 is 11.9 Å². The van der Waals surface area contributed by atoms with E-state index in [1.54, 1.807) is 6.08 Å². The van der Waals surface area contributed by atoms with Crippen LogP contribution >= 0.6 is 11.6 Å². The molecule has 4 aliphatic rings. The molecule has 4 aliphatic carbocycles. The minimum Gasteiger partial charge on any atom is -0.457 e. The molecule has 3 saturated carbocycles. The lowest BCUT2D eigenvalue weighted by molar-refractivity contribution is -0.191. The maximum absolute atomic E-state index is 14.2. The number of halogens is 1. The summed E-state index contributed by atoms with van der Waals surface area (Å²) in [6.07, 6.45) is 9.77. The van der Waals surface area contributed by atoms with E-state index in [0.29, 0.717) is 18.4 Å². The highest BCUT2D eigenvalue weighted by molar-refractivity contribution is 6.28. The van der Waals surface area contributed by atoms with Crippen molar-refractivity contribution in [2.45, 2.75) is 55.1 Å². The molecule has 10 heteroatoms. The van der Waals surface area contributed by atoms with Gasteiger partial charge in [0, 0.05) is 18.3 Å². The van der Waals surface area contributed by atoms with Gasteiger partial charge in [0.15, 0.2) is 18.0 Å². The Balaban J connectivity index is 1.89. The number of rotatable bonds is 11. The fourth-order valence-corrected chi connectivity index (χ4v) is 8.55. The fraction of sp³-hybridized carbons (Fsp3) is 0.484. The molecule has 41 heavy (non-hydrogen) atoms. The van der Waals surface area contributed by atoms with Crippen molar-refractivity contribution < 1.29 is 33.8 Å². The predicted molar refractivity (Wildman–Crippen MR) is 153 cm³/mol. The summed E-state index contributed by atoms with van der Waals surface area (Å²) in [6.45, 7) is 10.3. The molecule has 9 nitrogen and oxygen atoms in total. The smallest absolute Gasteiger partial charge is 0.310 e. The number of alkyl halides is 1. The van der Waals surface area contributed by atoms with Crippen LogP contribution in [0.4, 0.5) is 0 Å². The van der Waals surface area contributed by atoms with Crippen LogP contribution in [-0.4, -0.2) is 64.2 Å². The first kappa shape index (κ1) is 30.5. The van der Waals surface area contributed by atoms with E-state index in [9.17, 15) is 24.3 Å². The lowest BCUT2D eigenvalue weighted by Gasteiger charge is -2.63. The molecule has 0 unspecified atom stereocenters. The van der Waals surface area contributed by atoms with Gasteiger partial charge in [-0.1, -0.05) is 24.3 Å². The highest BCUT2D eigenvalue weighted by Gasteiger charge is 2.78. The minimum absolute atomic E-state index is 0.132. The van der Waals surface area contributed by atoms with Crippen molar-refractivity contribution in [3.05, 3.63) is 61.8 Å². The van der Waals surface area contributed by atoms with E-state index >= 15 is 0 Å². The third-order valence-corrected chi connectivity index (χ3v) is 10.4. The van der Waals surface area contributed by atoms with Gasteiger partial charge in [0.1, 0.15) is 0 Å². The topological polar surface area (TPSA) is 155 Å². The molecule has 0 aromatic heterocycles. The maximum Gasteiger partial charge on any atom is 0.310 e. The Labute approximate surface area is 244 Å². The van der Waals surface area contributed by atoms with Crippen molar-refractivity contribution in [1.29, 1.82) is 10.8 Å². The highest BCUT2D eigenvalue weighted by atomic mass is 35.5. The second kappa shape index (κ2) is 11.1. The van der Waals surface area contributed by atoms with Crippen LogP contribution in [0.3, 0.4) is 0 Å². The molecule has 0 radical (unpaired) electrons. The molecule has 0 heterocycles. The number of aliphatic hydroxyl groups is 1. The number of ether oxygens (including phenoxy) is 2. The van der Waals surface area contributed by atoms with Crippen LogP contribution in [0.1, 0.15) is 38.5 Å². The number of fused-ring (bicyclic) bond motifs is 5. The minimum atomic E-state index is -2.03. The quantitative estimate of drug-likeness (QED) is 0.145.